The molecule has 0 fully saturated rings. The Morgan fingerprint density at radius 3 is 2.45 bits per heavy atom. The van der Waals surface area contributed by atoms with E-state index >= 15 is 0 Å². The molecule has 1 aliphatic carbocycles. The van der Waals surface area contributed by atoms with Crippen molar-refractivity contribution in [3.8, 4) is 0 Å². The van der Waals surface area contributed by atoms with Crippen LogP contribution in [0.3, 0.4) is 0 Å². The van der Waals surface area contributed by atoms with Crippen molar-refractivity contribution >= 4 is 29.9 Å². The zero-order valence-electron chi connectivity index (χ0n) is 17.2. The Labute approximate surface area is 178 Å². The lowest BCUT2D eigenvalue weighted by Crippen LogP contribution is -2.34. The number of nitrogens with two attached hydrogens (primary N) is 1. The Hall–Kier alpha value is -2.53. The molecule has 1 unspecified atom stereocenters. The van der Waals surface area contributed by atoms with Crippen LogP contribution in [-0.4, -0.2) is 11.8 Å². The third kappa shape index (κ3) is 5.73. The summed E-state index contributed by atoms with van der Waals surface area (Å²) in [7, 11) is 0. The molecule has 3 rings (SSSR count). The summed E-state index contributed by atoms with van der Waals surface area (Å²) in [5, 5.41) is 6.07. The molecule has 2 amide bonds. The van der Waals surface area contributed by atoms with E-state index in [4.69, 9.17) is 5.73 Å². The van der Waals surface area contributed by atoms with Crippen LogP contribution in [0.15, 0.2) is 42.5 Å². The lowest BCUT2D eigenvalue weighted by Gasteiger charge is -2.26. The van der Waals surface area contributed by atoms with Gasteiger partial charge in [0.05, 0.1) is 6.04 Å². The van der Waals surface area contributed by atoms with Crippen LogP contribution in [0.4, 0.5) is 5.69 Å². The van der Waals surface area contributed by atoms with Crippen LogP contribution in [0.2, 0.25) is 0 Å². The van der Waals surface area contributed by atoms with Crippen LogP contribution in [0.25, 0.3) is 0 Å². The zero-order valence-corrected chi connectivity index (χ0v) is 18.1. The lowest BCUT2D eigenvalue weighted by molar-refractivity contribution is -0.128. The maximum atomic E-state index is 12.7. The molecule has 0 bridgehead atoms. The Morgan fingerprint density at radius 1 is 1.10 bits per heavy atom. The van der Waals surface area contributed by atoms with Gasteiger partial charge in [-0.2, -0.15) is 0 Å². The molecular weight excluding hydrogens is 386 g/mol. The van der Waals surface area contributed by atoms with Gasteiger partial charge in [-0.05, 0) is 60.2 Å². The largest absolute Gasteiger partial charge is 0.399 e. The maximum Gasteiger partial charge on any atom is 0.251 e. The smallest absolute Gasteiger partial charge is 0.251 e. The Kier molecular flexibility index (Phi) is 7.31. The zero-order chi connectivity index (χ0) is 20.3. The summed E-state index contributed by atoms with van der Waals surface area (Å²) in [6.07, 6.45) is 2.97. The van der Waals surface area contributed by atoms with E-state index in [9.17, 15) is 9.59 Å². The molecule has 0 saturated carbocycles. The first-order valence-corrected chi connectivity index (χ1v) is 9.80. The molecule has 0 aromatic heterocycles. The molecule has 0 spiro atoms. The van der Waals surface area contributed by atoms with E-state index < -0.39 is 5.41 Å². The highest BCUT2D eigenvalue weighted by Gasteiger charge is 2.23. The SMILES string of the molecule is CC(C)(C)C(=O)NCc1ccc(C(=O)NC2CCCc3cc(N)ccc32)cc1.Cl. The predicted molar refractivity (Wildman–Crippen MR) is 119 cm³/mol. The highest BCUT2D eigenvalue weighted by Crippen LogP contribution is 2.31. The number of anilines is 1. The van der Waals surface area contributed by atoms with Crippen LogP contribution in [-0.2, 0) is 17.8 Å². The van der Waals surface area contributed by atoms with E-state index in [0.717, 1.165) is 36.1 Å². The van der Waals surface area contributed by atoms with Crippen molar-refractivity contribution in [3.63, 3.8) is 0 Å². The molecule has 1 aliphatic rings. The first-order chi connectivity index (χ1) is 13.2. The Balaban J connectivity index is 0.00000300. The first kappa shape index (κ1) is 22.8. The van der Waals surface area contributed by atoms with Gasteiger partial charge in [0.1, 0.15) is 0 Å². The number of carbonyl (C=O) groups excluding carboxylic acids is 2. The van der Waals surface area contributed by atoms with E-state index in [2.05, 4.69) is 10.6 Å². The minimum Gasteiger partial charge on any atom is -0.399 e. The van der Waals surface area contributed by atoms with Gasteiger partial charge in [0.15, 0.2) is 0 Å². The van der Waals surface area contributed by atoms with Crippen molar-refractivity contribution < 1.29 is 9.59 Å². The van der Waals surface area contributed by atoms with E-state index in [0.29, 0.717) is 12.1 Å². The molecule has 1 atom stereocenters. The van der Waals surface area contributed by atoms with E-state index in [-0.39, 0.29) is 30.3 Å². The highest BCUT2D eigenvalue weighted by atomic mass is 35.5. The van der Waals surface area contributed by atoms with Crippen LogP contribution in [0.1, 0.15) is 66.7 Å². The van der Waals surface area contributed by atoms with Gasteiger partial charge in [-0.3, -0.25) is 9.59 Å². The number of carbonyl (C=O) groups is 2. The molecule has 156 valence electrons. The molecule has 0 saturated heterocycles. The van der Waals surface area contributed by atoms with Gasteiger partial charge in [0.2, 0.25) is 5.91 Å². The number of fused-ring (bicyclic) bond motifs is 1. The van der Waals surface area contributed by atoms with Crippen molar-refractivity contribution in [2.75, 3.05) is 5.73 Å². The second kappa shape index (κ2) is 9.31. The summed E-state index contributed by atoms with van der Waals surface area (Å²) >= 11 is 0. The molecule has 6 heteroatoms. The number of amides is 2. The average Bonchev–Trinajstić information content (AvgIpc) is 2.65. The summed E-state index contributed by atoms with van der Waals surface area (Å²) in [6.45, 7) is 6.10. The number of rotatable bonds is 4. The molecular formula is C23H30ClN3O2. The van der Waals surface area contributed by atoms with Gasteiger partial charge in [-0.15, -0.1) is 12.4 Å². The number of benzene rings is 2. The molecule has 5 nitrogen and oxygen atoms in total. The average molecular weight is 416 g/mol. The number of hydrogen-bond donors (Lipinski definition) is 3. The molecule has 0 heterocycles. The van der Waals surface area contributed by atoms with E-state index in [1.807, 2.05) is 51.1 Å². The fourth-order valence-electron chi connectivity index (χ4n) is 3.45. The van der Waals surface area contributed by atoms with Crippen molar-refractivity contribution in [1.82, 2.24) is 10.6 Å². The summed E-state index contributed by atoms with van der Waals surface area (Å²) in [5.74, 6) is -0.0779. The van der Waals surface area contributed by atoms with Crippen molar-refractivity contribution in [2.45, 2.75) is 52.6 Å². The molecule has 2 aromatic carbocycles. The first-order valence-electron chi connectivity index (χ1n) is 9.80. The van der Waals surface area contributed by atoms with Gasteiger partial charge in [-0.1, -0.05) is 39.0 Å². The third-order valence-corrected chi connectivity index (χ3v) is 5.14. The molecule has 0 aliphatic heterocycles. The molecule has 0 radical (unpaired) electrons. The number of aryl methyl sites for hydroxylation is 1. The van der Waals surface area contributed by atoms with Crippen LogP contribution < -0.4 is 16.4 Å². The minimum absolute atomic E-state index is 0. The Bertz CT molecular complexity index is 873. The minimum atomic E-state index is -0.416. The van der Waals surface area contributed by atoms with Crippen molar-refractivity contribution in [1.29, 1.82) is 0 Å². The summed E-state index contributed by atoms with van der Waals surface area (Å²) < 4.78 is 0. The number of nitrogens with one attached hydrogen (secondary N) is 2. The lowest BCUT2D eigenvalue weighted by atomic mass is 9.87. The third-order valence-electron chi connectivity index (χ3n) is 5.14. The van der Waals surface area contributed by atoms with Crippen molar-refractivity contribution in [3.05, 3.63) is 64.7 Å². The second-order valence-electron chi connectivity index (χ2n) is 8.51. The van der Waals surface area contributed by atoms with Crippen LogP contribution >= 0.6 is 12.4 Å². The molecule has 29 heavy (non-hydrogen) atoms. The Morgan fingerprint density at radius 2 is 1.79 bits per heavy atom. The van der Waals surface area contributed by atoms with E-state index in [1.165, 1.54) is 5.56 Å². The van der Waals surface area contributed by atoms with Gasteiger partial charge in [0.25, 0.3) is 5.91 Å². The quantitative estimate of drug-likeness (QED) is 0.655. The summed E-state index contributed by atoms with van der Waals surface area (Å²) in [6, 6.07) is 13.3. The fraction of sp³-hybridized carbons (Fsp3) is 0.391. The number of hydrogen-bond acceptors (Lipinski definition) is 3. The normalized spacial score (nSPS) is 15.6. The maximum absolute atomic E-state index is 12.7. The fourth-order valence-corrected chi connectivity index (χ4v) is 3.45. The second-order valence-corrected chi connectivity index (χ2v) is 8.51. The number of nitrogen functional groups attached to an aromatic ring is 1. The predicted octanol–water partition coefficient (Wildman–Crippen LogP) is 4.16. The topological polar surface area (TPSA) is 84.2 Å². The van der Waals surface area contributed by atoms with Gasteiger partial charge in [-0.25, -0.2) is 0 Å². The standard InChI is InChI=1S/C23H29N3O2.ClH/c1-23(2,3)22(28)25-14-15-7-9-16(10-8-15)21(27)26-20-6-4-5-17-13-18(24)11-12-19(17)20;/h7-13,20H,4-6,14,24H2,1-3H3,(H,25,28)(H,26,27);1H. The van der Waals surface area contributed by atoms with Crippen LogP contribution in [0, 0.1) is 5.41 Å². The van der Waals surface area contributed by atoms with Gasteiger partial charge < -0.3 is 16.4 Å². The van der Waals surface area contributed by atoms with Crippen LogP contribution in [0.5, 0.6) is 0 Å². The summed E-state index contributed by atoms with van der Waals surface area (Å²) in [4.78, 5) is 24.7. The molecule has 4 N–H and O–H groups in total. The number of halogens is 1. The van der Waals surface area contributed by atoms with E-state index in [1.54, 1.807) is 12.1 Å². The van der Waals surface area contributed by atoms with Gasteiger partial charge in [0, 0.05) is 23.2 Å². The van der Waals surface area contributed by atoms with Crippen molar-refractivity contribution in [2.24, 2.45) is 5.41 Å². The highest BCUT2D eigenvalue weighted by molar-refractivity contribution is 5.94. The molecule has 2 aromatic rings. The summed E-state index contributed by atoms with van der Waals surface area (Å²) in [5.41, 5.74) is 10.2. The monoisotopic (exact) mass is 415 g/mol. The van der Waals surface area contributed by atoms with Gasteiger partial charge >= 0.3 is 0 Å².